The lowest BCUT2D eigenvalue weighted by molar-refractivity contribution is 0.0136. The van der Waals surface area contributed by atoms with E-state index in [9.17, 15) is 8.42 Å². The van der Waals surface area contributed by atoms with Crippen molar-refractivity contribution in [2.75, 3.05) is 51.0 Å². The monoisotopic (exact) mass is 556 g/mol. The van der Waals surface area contributed by atoms with Gasteiger partial charge >= 0.3 is 0 Å². The van der Waals surface area contributed by atoms with E-state index >= 15 is 0 Å². The molecule has 1 unspecified atom stereocenters. The summed E-state index contributed by atoms with van der Waals surface area (Å²) in [5.74, 6) is 0.679. The molecule has 38 heavy (non-hydrogen) atoms. The van der Waals surface area contributed by atoms with E-state index in [2.05, 4.69) is 43.7 Å². The molecule has 1 saturated heterocycles. The average Bonchev–Trinajstić information content (AvgIpc) is 3.13. The Balaban J connectivity index is 1.32. The molecule has 1 aliphatic carbocycles. The maximum Gasteiger partial charge on any atom is 0.244 e. The SMILES string of the molecule is CN(C)S(=O)(=O)c1ccccc1Nc1nc(Nc2ccc3c(c2)CCC(N2CCOCC2)CC3)ncc1Cl. The number of nitrogens with zero attached hydrogens (tertiary/aromatic N) is 4. The quantitative estimate of drug-likeness (QED) is 0.412. The Morgan fingerprint density at radius 1 is 1.03 bits per heavy atom. The molecule has 9 nitrogen and oxygen atoms in total. The van der Waals surface area contributed by atoms with Crippen molar-refractivity contribution < 1.29 is 13.2 Å². The van der Waals surface area contributed by atoms with Crippen molar-refractivity contribution in [2.45, 2.75) is 36.6 Å². The molecule has 0 amide bonds. The highest BCUT2D eigenvalue weighted by Gasteiger charge is 2.24. The van der Waals surface area contributed by atoms with Gasteiger partial charge in [0.25, 0.3) is 0 Å². The summed E-state index contributed by atoms with van der Waals surface area (Å²) in [6, 6.07) is 13.7. The van der Waals surface area contributed by atoms with Gasteiger partial charge in [0.15, 0.2) is 5.82 Å². The van der Waals surface area contributed by atoms with Crippen molar-refractivity contribution >= 4 is 44.8 Å². The molecule has 1 atom stereocenters. The number of ether oxygens (including phenoxy) is 1. The van der Waals surface area contributed by atoms with Crippen molar-refractivity contribution in [2.24, 2.45) is 0 Å². The van der Waals surface area contributed by atoms with Crippen LogP contribution in [0.1, 0.15) is 24.0 Å². The first kappa shape index (κ1) is 26.8. The van der Waals surface area contributed by atoms with Gasteiger partial charge in [-0.1, -0.05) is 29.8 Å². The Morgan fingerprint density at radius 2 is 1.76 bits per heavy atom. The fourth-order valence-electron chi connectivity index (χ4n) is 5.04. The van der Waals surface area contributed by atoms with Gasteiger partial charge < -0.3 is 15.4 Å². The van der Waals surface area contributed by atoms with Crippen LogP contribution in [0.25, 0.3) is 0 Å². The Bertz CT molecular complexity index is 1400. The molecule has 202 valence electrons. The zero-order valence-electron chi connectivity index (χ0n) is 21.7. The molecule has 1 aliphatic heterocycles. The fourth-order valence-corrected chi connectivity index (χ4v) is 6.22. The van der Waals surface area contributed by atoms with Crippen molar-refractivity contribution in [3.05, 3.63) is 64.8 Å². The normalized spacial score (nSPS) is 18.6. The van der Waals surface area contributed by atoms with Crippen LogP contribution in [0.4, 0.5) is 23.1 Å². The van der Waals surface area contributed by atoms with Gasteiger partial charge in [0.2, 0.25) is 16.0 Å². The van der Waals surface area contributed by atoms with Crippen LogP contribution in [-0.4, -0.2) is 74.0 Å². The largest absolute Gasteiger partial charge is 0.379 e. The van der Waals surface area contributed by atoms with Gasteiger partial charge in [0, 0.05) is 38.9 Å². The highest BCUT2D eigenvalue weighted by Crippen LogP contribution is 2.31. The number of benzene rings is 2. The number of hydrogen-bond acceptors (Lipinski definition) is 8. The summed E-state index contributed by atoms with van der Waals surface area (Å²) < 4.78 is 32.3. The van der Waals surface area contributed by atoms with Crippen LogP contribution < -0.4 is 10.6 Å². The van der Waals surface area contributed by atoms with Gasteiger partial charge in [0.1, 0.15) is 9.92 Å². The molecule has 5 rings (SSSR count). The van der Waals surface area contributed by atoms with Crippen LogP contribution in [0, 0.1) is 0 Å². The van der Waals surface area contributed by atoms with E-state index in [0.29, 0.717) is 23.5 Å². The second-order valence-electron chi connectivity index (χ2n) is 9.79. The Morgan fingerprint density at radius 3 is 2.53 bits per heavy atom. The number of para-hydroxylation sites is 1. The van der Waals surface area contributed by atoms with Gasteiger partial charge in [-0.2, -0.15) is 4.98 Å². The first-order valence-electron chi connectivity index (χ1n) is 12.8. The second-order valence-corrected chi connectivity index (χ2v) is 12.3. The number of fused-ring (bicyclic) bond motifs is 1. The third-order valence-electron chi connectivity index (χ3n) is 7.16. The van der Waals surface area contributed by atoms with Crippen LogP contribution in [0.5, 0.6) is 0 Å². The molecule has 3 aromatic rings. The lowest BCUT2D eigenvalue weighted by atomic mass is 10.0. The van der Waals surface area contributed by atoms with E-state index in [4.69, 9.17) is 16.3 Å². The molecule has 2 heterocycles. The first-order chi connectivity index (χ1) is 18.3. The average molecular weight is 557 g/mol. The topological polar surface area (TPSA) is 99.7 Å². The van der Waals surface area contributed by atoms with E-state index in [0.717, 1.165) is 51.3 Å². The number of rotatable bonds is 7. The van der Waals surface area contributed by atoms with E-state index in [-0.39, 0.29) is 9.92 Å². The third kappa shape index (κ3) is 5.94. The summed E-state index contributed by atoms with van der Waals surface area (Å²) >= 11 is 6.38. The van der Waals surface area contributed by atoms with Crippen LogP contribution in [-0.2, 0) is 27.6 Å². The third-order valence-corrected chi connectivity index (χ3v) is 9.31. The van der Waals surface area contributed by atoms with Crippen molar-refractivity contribution in [3.63, 3.8) is 0 Å². The minimum atomic E-state index is -3.66. The maximum absolute atomic E-state index is 12.8. The summed E-state index contributed by atoms with van der Waals surface area (Å²) in [6.45, 7) is 3.69. The van der Waals surface area contributed by atoms with Gasteiger partial charge in [0.05, 0.1) is 25.1 Å². The zero-order valence-corrected chi connectivity index (χ0v) is 23.2. The molecular weight excluding hydrogens is 524 g/mol. The van der Waals surface area contributed by atoms with Crippen molar-refractivity contribution in [1.29, 1.82) is 0 Å². The smallest absolute Gasteiger partial charge is 0.244 e. The minimum Gasteiger partial charge on any atom is -0.379 e. The van der Waals surface area contributed by atoms with Gasteiger partial charge in [-0.15, -0.1) is 0 Å². The molecule has 1 fully saturated rings. The van der Waals surface area contributed by atoms with Crippen LogP contribution >= 0.6 is 11.6 Å². The number of nitrogens with one attached hydrogen (secondary N) is 2. The Hall–Kier alpha value is -2.76. The summed E-state index contributed by atoms with van der Waals surface area (Å²) in [7, 11) is -0.672. The number of sulfonamides is 1. The van der Waals surface area contributed by atoms with Gasteiger partial charge in [-0.3, -0.25) is 4.90 Å². The molecular formula is C27H33ClN6O3S. The van der Waals surface area contributed by atoms with E-state index < -0.39 is 10.0 Å². The number of halogens is 1. The number of anilines is 4. The van der Waals surface area contributed by atoms with E-state index in [1.807, 2.05) is 0 Å². The Kier molecular flexibility index (Phi) is 8.15. The lowest BCUT2D eigenvalue weighted by Crippen LogP contribution is -2.43. The standard InChI is InChI=1S/C27H33ClN6O3S/c1-33(2)38(35,36)25-6-4-3-5-24(25)31-26-23(28)18-29-27(32-26)30-21-10-7-19-8-11-22(12-9-20(19)17-21)34-13-15-37-16-14-34/h3-7,10,17-18,22H,8-9,11-16H2,1-2H3,(H2,29,30,31,32). The predicted molar refractivity (Wildman–Crippen MR) is 150 cm³/mol. The zero-order chi connectivity index (χ0) is 26.7. The minimum absolute atomic E-state index is 0.135. The number of hydrogen-bond donors (Lipinski definition) is 2. The summed E-state index contributed by atoms with van der Waals surface area (Å²) in [5.41, 5.74) is 4.02. The van der Waals surface area contributed by atoms with Gasteiger partial charge in [-0.25, -0.2) is 17.7 Å². The fraction of sp³-hybridized carbons (Fsp3) is 0.407. The highest BCUT2D eigenvalue weighted by molar-refractivity contribution is 7.89. The number of morpholine rings is 1. The van der Waals surface area contributed by atoms with Crippen LogP contribution in [0.2, 0.25) is 5.02 Å². The van der Waals surface area contributed by atoms with E-state index in [1.165, 1.54) is 42.1 Å². The molecule has 2 aliphatic rings. The van der Waals surface area contributed by atoms with Crippen molar-refractivity contribution in [3.8, 4) is 0 Å². The molecule has 0 radical (unpaired) electrons. The molecule has 0 bridgehead atoms. The van der Waals surface area contributed by atoms with Crippen LogP contribution in [0.15, 0.2) is 53.6 Å². The summed E-state index contributed by atoms with van der Waals surface area (Å²) in [5, 5.41) is 6.65. The molecule has 0 saturated carbocycles. The second kappa shape index (κ2) is 11.5. The highest BCUT2D eigenvalue weighted by atomic mass is 35.5. The molecule has 2 N–H and O–H groups in total. The molecule has 0 spiro atoms. The predicted octanol–water partition coefficient (Wildman–Crippen LogP) is 4.45. The van der Waals surface area contributed by atoms with Crippen LogP contribution in [0.3, 0.4) is 0 Å². The number of aromatic nitrogens is 2. The Labute approximate surface area is 229 Å². The summed E-state index contributed by atoms with van der Waals surface area (Å²) in [6.07, 6.45) is 5.90. The molecule has 11 heteroatoms. The first-order valence-corrected chi connectivity index (χ1v) is 14.6. The summed E-state index contributed by atoms with van der Waals surface area (Å²) in [4.78, 5) is 11.6. The van der Waals surface area contributed by atoms with Crippen molar-refractivity contribution in [1.82, 2.24) is 19.2 Å². The molecule has 2 aromatic carbocycles. The lowest BCUT2D eigenvalue weighted by Gasteiger charge is -2.33. The molecule has 1 aromatic heterocycles. The maximum atomic E-state index is 12.8. The van der Waals surface area contributed by atoms with E-state index in [1.54, 1.807) is 24.3 Å². The number of aryl methyl sites for hydroxylation is 2. The van der Waals surface area contributed by atoms with Gasteiger partial charge in [-0.05, 0) is 61.1 Å².